The molecule has 2 heterocycles. The number of likely N-dealkylation sites (tertiary alicyclic amines) is 1. The van der Waals surface area contributed by atoms with Gasteiger partial charge in [-0.15, -0.1) is 0 Å². The Labute approximate surface area is 140 Å². The molecule has 0 radical (unpaired) electrons. The summed E-state index contributed by atoms with van der Waals surface area (Å²) in [4.78, 5) is 22.6. The van der Waals surface area contributed by atoms with E-state index in [1.165, 1.54) is 5.56 Å². The normalized spacial score (nSPS) is 27.0. The van der Waals surface area contributed by atoms with Crippen molar-refractivity contribution < 1.29 is 4.79 Å². The first-order chi connectivity index (χ1) is 11.2. The van der Waals surface area contributed by atoms with Crippen molar-refractivity contribution >= 4 is 17.5 Å². The molecule has 1 saturated heterocycles. The Morgan fingerprint density at radius 1 is 1.26 bits per heavy atom. The van der Waals surface area contributed by atoms with Gasteiger partial charge in [0.2, 0.25) is 5.91 Å². The molecule has 120 valence electrons. The van der Waals surface area contributed by atoms with Crippen LogP contribution in [0.25, 0.3) is 0 Å². The summed E-state index contributed by atoms with van der Waals surface area (Å²) in [6, 6.07) is 8.01. The van der Waals surface area contributed by atoms with Crippen LogP contribution in [0.4, 0.5) is 0 Å². The average molecular weight is 330 g/mol. The van der Waals surface area contributed by atoms with Crippen LogP contribution in [-0.2, 0) is 4.79 Å². The fourth-order valence-corrected chi connectivity index (χ4v) is 3.82. The number of hydrogen-bond acceptors (Lipinski definition) is 2. The highest BCUT2D eigenvalue weighted by Gasteiger charge is 2.47. The lowest BCUT2D eigenvalue weighted by molar-refractivity contribution is -0.136. The second-order valence-electron chi connectivity index (χ2n) is 6.52. The van der Waals surface area contributed by atoms with Crippen molar-refractivity contribution in [1.29, 1.82) is 0 Å². The lowest BCUT2D eigenvalue weighted by atomic mass is 10.00. The third-order valence-electron chi connectivity index (χ3n) is 5.03. The molecule has 3 atom stereocenters. The van der Waals surface area contributed by atoms with Gasteiger partial charge in [-0.2, -0.15) is 0 Å². The van der Waals surface area contributed by atoms with Crippen LogP contribution in [-0.4, -0.2) is 27.3 Å². The van der Waals surface area contributed by atoms with Gasteiger partial charge in [0.25, 0.3) is 0 Å². The average Bonchev–Trinajstić information content (AvgIpc) is 3.19. The number of aromatic nitrogens is 2. The van der Waals surface area contributed by atoms with Gasteiger partial charge in [-0.3, -0.25) is 4.79 Å². The van der Waals surface area contributed by atoms with Crippen LogP contribution in [0.2, 0.25) is 5.02 Å². The summed E-state index contributed by atoms with van der Waals surface area (Å²) in [5.41, 5.74) is 1.22. The number of imidazole rings is 1. The van der Waals surface area contributed by atoms with E-state index < -0.39 is 0 Å². The highest BCUT2D eigenvalue weighted by Crippen LogP contribution is 2.49. The molecule has 0 bridgehead atoms. The van der Waals surface area contributed by atoms with Gasteiger partial charge in [0.05, 0.1) is 6.04 Å². The molecule has 23 heavy (non-hydrogen) atoms. The Morgan fingerprint density at radius 2 is 2.09 bits per heavy atom. The highest BCUT2D eigenvalue weighted by atomic mass is 35.5. The molecule has 5 heteroatoms. The van der Waals surface area contributed by atoms with Gasteiger partial charge in [-0.25, -0.2) is 4.98 Å². The van der Waals surface area contributed by atoms with Crippen LogP contribution in [0.1, 0.15) is 49.0 Å². The second-order valence-corrected chi connectivity index (χ2v) is 6.95. The molecule has 2 fully saturated rings. The third kappa shape index (κ3) is 2.88. The second kappa shape index (κ2) is 6.00. The maximum atomic E-state index is 13.0. The number of nitrogens with zero attached hydrogens (tertiary/aromatic N) is 2. The molecular formula is C18H20ClN3O. The monoisotopic (exact) mass is 329 g/mol. The molecule has 1 aliphatic heterocycles. The van der Waals surface area contributed by atoms with Gasteiger partial charge in [0.1, 0.15) is 5.82 Å². The van der Waals surface area contributed by atoms with Crippen LogP contribution in [0.3, 0.4) is 0 Å². The van der Waals surface area contributed by atoms with E-state index in [9.17, 15) is 4.79 Å². The van der Waals surface area contributed by atoms with Gasteiger partial charge < -0.3 is 9.88 Å². The van der Waals surface area contributed by atoms with Gasteiger partial charge >= 0.3 is 0 Å². The molecule has 2 aromatic rings. The zero-order chi connectivity index (χ0) is 15.8. The first kappa shape index (κ1) is 14.8. The quantitative estimate of drug-likeness (QED) is 0.927. The number of amides is 1. The van der Waals surface area contributed by atoms with E-state index in [0.717, 1.165) is 43.1 Å². The van der Waals surface area contributed by atoms with Crippen molar-refractivity contribution in [3.8, 4) is 0 Å². The standard InChI is InChI=1S/C18H20ClN3O/c19-13-6-4-12(5-7-13)14-11-15(14)18(23)22-10-2-1-3-16(22)17-20-8-9-21-17/h4-9,14-16H,1-3,10-11H2,(H,20,21)/t14-,15-,16+/m0/s1. The van der Waals surface area contributed by atoms with E-state index in [1.54, 1.807) is 6.20 Å². The van der Waals surface area contributed by atoms with Crippen molar-refractivity contribution in [2.75, 3.05) is 6.54 Å². The molecule has 2 aliphatic rings. The predicted molar refractivity (Wildman–Crippen MR) is 89.2 cm³/mol. The molecule has 0 unspecified atom stereocenters. The minimum Gasteiger partial charge on any atom is -0.347 e. The number of H-pyrrole nitrogens is 1. The highest BCUT2D eigenvalue weighted by molar-refractivity contribution is 6.30. The van der Waals surface area contributed by atoms with E-state index in [2.05, 4.69) is 9.97 Å². The number of hydrogen-bond donors (Lipinski definition) is 1. The van der Waals surface area contributed by atoms with Crippen LogP contribution < -0.4 is 0 Å². The van der Waals surface area contributed by atoms with Gasteiger partial charge in [0.15, 0.2) is 0 Å². The summed E-state index contributed by atoms with van der Waals surface area (Å²) >= 11 is 5.95. The molecule has 0 spiro atoms. The number of nitrogens with one attached hydrogen (secondary N) is 1. The number of aromatic amines is 1. The lowest BCUT2D eigenvalue weighted by Crippen LogP contribution is -2.40. The van der Waals surface area contributed by atoms with Gasteiger partial charge in [-0.05, 0) is 49.3 Å². The number of halogens is 1. The largest absolute Gasteiger partial charge is 0.347 e. The fraction of sp³-hybridized carbons (Fsp3) is 0.444. The maximum Gasteiger partial charge on any atom is 0.226 e. The van der Waals surface area contributed by atoms with E-state index in [4.69, 9.17) is 11.6 Å². The Hall–Kier alpha value is -1.81. The van der Waals surface area contributed by atoms with Crippen molar-refractivity contribution in [3.05, 3.63) is 53.1 Å². The van der Waals surface area contributed by atoms with Crippen LogP contribution in [0.5, 0.6) is 0 Å². The van der Waals surface area contributed by atoms with Gasteiger partial charge in [0, 0.05) is 29.9 Å². The van der Waals surface area contributed by atoms with E-state index in [1.807, 2.05) is 35.4 Å². The summed E-state index contributed by atoms with van der Waals surface area (Å²) in [6.07, 6.45) is 7.78. The summed E-state index contributed by atoms with van der Waals surface area (Å²) in [7, 11) is 0. The minimum atomic E-state index is 0.109. The summed E-state index contributed by atoms with van der Waals surface area (Å²) in [5, 5.41) is 0.742. The third-order valence-corrected chi connectivity index (χ3v) is 5.28. The first-order valence-electron chi connectivity index (χ1n) is 8.29. The van der Waals surface area contributed by atoms with Crippen LogP contribution >= 0.6 is 11.6 Å². The van der Waals surface area contributed by atoms with Gasteiger partial charge in [-0.1, -0.05) is 23.7 Å². The van der Waals surface area contributed by atoms with Crippen LogP contribution in [0, 0.1) is 5.92 Å². The first-order valence-corrected chi connectivity index (χ1v) is 8.67. The summed E-state index contributed by atoms with van der Waals surface area (Å²) in [5.74, 6) is 1.67. The zero-order valence-electron chi connectivity index (χ0n) is 12.9. The Kier molecular flexibility index (Phi) is 3.85. The molecule has 4 rings (SSSR count). The van der Waals surface area contributed by atoms with E-state index in [-0.39, 0.29) is 17.9 Å². The van der Waals surface area contributed by atoms with Crippen LogP contribution in [0.15, 0.2) is 36.7 Å². The van der Waals surface area contributed by atoms with Crippen molar-refractivity contribution in [1.82, 2.24) is 14.9 Å². The zero-order valence-corrected chi connectivity index (χ0v) is 13.7. The van der Waals surface area contributed by atoms with Crippen molar-refractivity contribution in [2.24, 2.45) is 5.92 Å². The molecule has 4 nitrogen and oxygen atoms in total. The SMILES string of the molecule is O=C([C@H]1C[C@H]1c1ccc(Cl)cc1)N1CCCC[C@@H]1c1ncc[nH]1. The summed E-state index contributed by atoms with van der Waals surface area (Å²) in [6.45, 7) is 0.841. The fourth-order valence-electron chi connectivity index (χ4n) is 3.70. The number of benzene rings is 1. The van der Waals surface area contributed by atoms with Crippen molar-refractivity contribution in [2.45, 2.75) is 37.6 Å². The summed E-state index contributed by atoms with van der Waals surface area (Å²) < 4.78 is 0. The molecule has 1 aromatic carbocycles. The number of carbonyl (C=O) groups excluding carboxylic acids is 1. The number of carbonyl (C=O) groups is 1. The molecule has 1 amide bonds. The van der Waals surface area contributed by atoms with E-state index in [0.29, 0.717) is 5.92 Å². The maximum absolute atomic E-state index is 13.0. The molecule has 1 aliphatic carbocycles. The lowest BCUT2D eigenvalue weighted by Gasteiger charge is -2.35. The molecule has 1 N–H and O–H groups in total. The Balaban J connectivity index is 1.49. The molecule has 1 saturated carbocycles. The minimum absolute atomic E-state index is 0.109. The smallest absolute Gasteiger partial charge is 0.226 e. The Bertz CT molecular complexity index is 683. The molecule has 1 aromatic heterocycles. The molecular weight excluding hydrogens is 310 g/mol. The topological polar surface area (TPSA) is 49.0 Å². The number of piperidine rings is 1. The predicted octanol–water partition coefficient (Wildman–Crippen LogP) is 3.92. The van der Waals surface area contributed by atoms with E-state index >= 15 is 0 Å². The Morgan fingerprint density at radius 3 is 2.83 bits per heavy atom. The number of rotatable bonds is 3. The van der Waals surface area contributed by atoms with Crippen molar-refractivity contribution in [3.63, 3.8) is 0 Å².